The van der Waals surface area contributed by atoms with Gasteiger partial charge in [-0.25, -0.2) is 0 Å². The molecular weight excluding hydrogens is 344 g/mol. The largest absolute Gasteiger partial charge is 0.494 e. The van der Waals surface area contributed by atoms with Crippen LogP contribution in [0.2, 0.25) is 0 Å². The highest BCUT2D eigenvalue weighted by Gasteiger charge is 2.22. The first-order chi connectivity index (χ1) is 12.8. The lowest BCUT2D eigenvalue weighted by Gasteiger charge is -2.18. The fraction of sp³-hybridized carbons (Fsp3) is 0.238. The number of nitrogens with one attached hydrogen (secondary N) is 2. The van der Waals surface area contributed by atoms with Gasteiger partial charge >= 0.3 is 0 Å². The molecule has 2 amide bonds. The van der Waals surface area contributed by atoms with E-state index in [4.69, 9.17) is 9.15 Å². The summed E-state index contributed by atoms with van der Waals surface area (Å²) in [5.41, 5.74) is 1.21. The van der Waals surface area contributed by atoms with Gasteiger partial charge in [0.15, 0.2) is 5.76 Å². The Hall–Kier alpha value is -3.28. The van der Waals surface area contributed by atoms with E-state index >= 15 is 0 Å². The van der Waals surface area contributed by atoms with Crippen LogP contribution in [0.5, 0.6) is 5.75 Å². The number of methoxy groups -OCH3 is 1. The molecule has 0 radical (unpaired) electrons. The van der Waals surface area contributed by atoms with Gasteiger partial charge in [-0.1, -0.05) is 39.0 Å². The quantitative estimate of drug-likeness (QED) is 0.703. The second-order valence-corrected chi connectivity index (χ2v) is 7.22. The van der Waals surface area contributed by atoms with Gasteiger partial charge in [-0.15, -0.1) is 0 Å². The van der Waals surface area contributed by atoms with E-state index in [1.165, 1.54) is 7.11 Å². The minimum atomic E-state index is -0.512. The molecule has 0 saturated heterocycles. The Kier molecular flexibility index (Phi) is 4.90. The van der Waals surface area contributed by atoms with Gasteiger partial charge in [0.2, 0.25) is 5.91 Å². The van der Waals surface area contributed by atoms with Crippen LogP contribution in [0.1, 0.15) is 31.3 Å². The lowest BCUT2D eigenvalue weighted by Crippen LogP contribution is -2.27. The molecule has 3 aromatic rings. The van der Waals surface area contributed by atoms with Crippen LogP contribution in [0.25, 0.3) is 11.0 Å². The molecule has 6 nitrogen and oxygen atoms in total. The summed E-state index contributed by atoms with van der Waals surface area (Å²) in [5.74, 6) is 0.161. The van der Waals surface area contributed by atoms with Gasteiger partial charge in [-0.2, -0.15) is 0 Å². The maximum Gasteiger partial charge on any atom is 0.291 e. The predicted molar refractivity (Wildman–Crippen MR) is 105 cm³/mol. The number of furan rings is 1. The van der Waals surface area contributed by atoms with Crippen molar-refractivity contribution in [1.82, 2.24) is 0 Å². The Labute approximate surface area is 157 Å². The molecule has 27 heavy (non-hydrogen) atoms. The van der Waals surface area contributed by atoms with Gasteiger partial charge in [0, 0.05) is 22.6 Å². The van der Waals surface area contributed by atoms with Crippen molar-refractivity contribution < 1.29 is 18.7 Å². The third-order valence-electron chi connectivity index (χ3n) is 4.04. The van der Waals surface area contributed by atoms with Gasteiger partial charge in [-0.05, 0) is 24.3 Å². The first kappa shape index (κ1) is 18.5. The third-order valence-corrected chi connectivity index (χ3v) is 4.04. The summed E-state index contributed by atoms with van der Waals surface area (Å²) in [5, 5.41) is 6.47. The molecule has 1 heterocycles. The molecule has 0 saturated carbocycles. The number of benzene rings is 2. The van der Waals surface area contributed by atoms with Crippen molar-refractivity contribution in [3.8, 4) is 5.75 Å². The minimum Gasteiger partial charge on any atom is -0.494 e. The molecule has 0 aliphatic rings. The minimum absolute atomic E-state index is 0.108. The number of carbonyl (C=O) groups excluding carboxylic acids is 2. The zero-order valence-electron chi connectivity index (χ0n) is 15.8. The number of hydrogen-bond acceptors (Lipinski definition) is 4. The van der Waals surface area contributed by atoms with E-state index in [-0.39, 0.29) is 17.6 Å². The van der Waals surface area contributed by atoms with E-state index in [2.05, 4.69) is 10.6 Å². The first-order valence-corrected chi connectivity index (χ1v) is 8.57. The fourth-order valence-electron chi connectivity index (χ4n) is 2.47. The van der Waals surface area contributed by atoms with Crippen LogP contribution in [-0.2, 0) is 4.79 Å². The maximum atomic E-state index is 12.5. The summed E-state index contributed by atoms with van der Waals surface area (Å²) in [7, 11) is 1.50. The average Bonchev–Trinajstić information content (AvgIpc) is 3.06. The second-order valence-electron chi connectivity index (χ2n) is 7.22. The van der Waals surface area contributed by atoms with Crippen LogP contribution in [0.4, 0.5) is 11.4 Å². The monoisotopic (exact) mass is 366 g/mol. The zero-order chi connectivity index (χ0) is 19.6. The van der Waals surface area contributed by atoms with Gasteiger partial charge in [0.1, 0.15) is 11.3 Å². The Morgan fingerprint density at radius 2 is 1.74 bits per heavy atom. The maximum absolute atomic E-state index is 12.5. The molecule has 0 aliphatic carbocycles. The van der Waals surface area contributed by atoms with E-state index in [1.807, 2.05) is 39.0 Å². The van der Waals surface area contributed by atoms with E-state index in [1.54, 1.807) is 30.3 Å². The number of rotatable bonds is 4. The second kappa shape index (κ2) is 7.15. The molecule has 0 spiro atoms. The molecule has 3 rings (SSSR count). The van der Waals surface area contributed by atoms with Gasteiger partial charge < -0.3 is 19.8 Å². The molecule has 0 aliphatic heterocycles. The molecule has 0 unspecified atom stereocenters. The van der Waals surface area contributed by atoms with Gasteiger partial charge in [-0.3, -0.25) is 9.59 Å². The van der Waals surface area contributed by atoms with Crippen LogP contribution in [-0.4, -0.2) is 18.9 Å². The van der Waals surface area contributed by atoms with Crippen molar-refractivity contribution in [2.75, 3.05) is 17.7 Å². The molecule has 0 atom stereocenters. The number of anilines is 2. The molecule has 6 heteroatoms. The van der Waals surface area contributed by atoms with Crippen molar-refractivity contribution in [3.63, 3.8) is 0 Å². The van der Waals surface area contributed by atoms with Gasteiger partial charge in [0.05, 0.1) is 12.8 Å². The van der Waals surface area contributed by atoms with Crippen molar-refractivity contribution in [3.05, 3.63) is 54.3 Å². The average molecular weight is 366 g/mol. The first-order valence-electron chi connectivity index (χ1n) is 8.57. The van der Waals surface area contributed by atoms with Crippen molar-refractivity contribution in [2.24, 2.45) is 5.41 Å². The van der Waals surface area contributed by atoms with Crippen LogP contribution < -0.4 is 15.4 Å². The molecule has 2 aromatic carbocycles. The Morgan fingerprint density at radius 3 is 2.41 bits per heavy atom. The summed E-state index contributed by atoms with van der Waals surface area (Å²) in [6, 6.07) is 14.2. The summed E-state index contributed by atoms with van der Waals surface area (Å²) in [6.45, 7) is 5.50. The number of amides is 2. The number of para-hydroxylation sites is 1. The SMILES string of the molecule is COc1cc(NC(=O)C(C)(C)C)ccc1NC(=O)c1cc2ccccc2o1. The normalized spacial score (nSPS) is 11.3. The van der Waals surface area contributed by atoms with E-state index in [0.717, 1.165) is 5.39 Å². The standard InChI is InChI=1S/C21H22N2O4/c1-21(2,3)20(25)22-14-9-10-15(17(12-14)26-4)23-19(24)18-11-13-7-5-6-8-16(13)27-18/h5-12H,1-4H3,(H,22,25)(H,23,24). The highest BCUT2D eigenvalue weighted by atomic mass is 16.5. The summed E-state index contributed by atoms with van der Waals surface area (Å²) < 4.78 is 10.9. The fourth-order valence-corrected chi connectivity index (χ4v) is 2.47. The predicted octanol–water partition coefficient (Wildman–Crippen LogP) is 4.68. The molecule has 140 valence electrons. The molecule has 0 fully saturated rings. The highest BCUT2D eigenvalue weighted by molar-refractivity contribution is 6.05. The topological polar surface area (TPSA) is 80.6 Å². The highest BCUT2D eigenvalue weighted by Crippen LogP contribution is 2.30. The zero-order valence-corrected chi connectivity index (χ0v) is 15.8. The van der Waals surface area contributed by atoms with Crippen molar-refractivity contribution in [1.29, 1.82) is 0 Å². The van der Waals surface area contributed by atoms with Crippen LogP contribution in [0, 0.1) is 5.41 Å². The Balaban J connectivity index is 1.79. The van der Waals surface area contributed by atoms with Crippen molar-refractivity contribution in [2.45, 2.75) is 20.8 Å². The molecule has 1 aromatic heterocycles. The van der Waals surface area contributed by atoms with Crippen molar-refractivity contribution >= 4 is 34.2 Å². The lowest BCUT2D eigenvalue weighted by molar-refractivity contribution is -0.123. The molecule has 2 N–H and O–H groups in total. The van der Waals surface area contributed by atoms with Crippen LogP contribution >= 0.6 is 0 Å². The number of carbonyl (C=O) groups is 2. The van der Waals surface area contributed by atoms with E-state index in [0.29, 0.717) is 22.7 Å². The summed E-state index contributed by atoms with van der Waals surface area (Å²) in [4.78, 5) is 24.6. The number of ether oxygens (including phenoxy) is 1. The Bertz CT molecular complexity index is 966. The smallest absolute Gasteiger partial charge is 0.291 e. The van der Waals surface area contributed by atoms with Crippen LogP contribution in [0.3, 0.4) is 0 Å². The third kappa shape index (κ3) is 4.11. The Morgan fingerprint density at radius 1 is 1.00 bits per heavy atom. The van der Waals surface area contributed by atoms with Crippen LogP contribution in [0.15, 0.2) is 52.9 Å². The molecular formula is C21H22N2O4. The van der Waals surface area contributed by atoms with E-state index in [9.17, 15) is 9.59 Å². The number of fused-ring (bicyclic) bond motifs is 1. The van der Waals surface area contributed by atoms with Gasteiger partial charge in [0.25, 0.3) is 5.91 Å². The molecule has 0 bridgehead atoms. The lowest BCUT2D eigenvalue weighted by atomic mass is 9.95. The van der Waals surface area contributed by atoms with E-state index < -0.39 is 5.41 Å². The number of hydrogen-bond donors (Lipinski definition) is 2. The summed E-state index contributed by atoms with van der Waals surface area (Å²) in [6.07, 6.45) is 0. The summed E-state index contributed by atoms with van der Waals surface area (Å²) >= 11 is 0.